The molecule has 0 bridgehead atoms. The molecule has 0 saturated heterocycles. The van der Waals surface area contributed by atoms with Crippen molar-refractivity contribution in [2.75, 3.05) is 20.8 Å². The molecule has 132 valence electrons. The number of hydrogen-bond donors (Lipinski definition) is 1. The minimum absolute atomic E-state index is 0.0580. The van der Waals surface area contributed by atoms with Crippen molar-refractivity contribution in [3.05, 3.63) is 63.2 Å². The van der Waals surface area contributed by atoms with Crippen LogP contribution in [0.25, 0.3) is 0 Å². The molecule has 7 heteroatoms. The first-order chi connectivity index (χ1) is 12.0. The molecule has 0 spiro atoms. The number of benzene rings is 2. The van der Waals surface area contributed by atoms with Gasteiger partial charge in [0.05, 0.1) is 19.1 Å². The Morgan fingerprint density at radius 1 is 1.20 bits per heavy atom. The summed E-state index contributed by atoms with van der Waals surface area (Å²) in [6.07, 6.45) is 0.506. The van der Waals surface area contributed by atoms with Crippen molar-refractivity contribution in [3.8, 4) is 11.5 Å². The van der Waals surface area contributed by atoms with Gasteiger partial charge in [-0.05, 0) is 43.2 Å². The van der Waals surface area contributed by atoms with Crippen LogP contribution in [0.5, 0.6) is 11.5 Å². The molecule has 25 heavy (non-hydrogen) atoms. The molecule has 0 unspecified atom stereocenters. The summed E-state index contributed by atoms with van der Waals surface area (Å²) in [6.45, 7) is 1.92. The molecule has 0 saturated carbocycles. The van der Waals surface area contributed by atoms with Gasteiger partial charge in [0.15, 0.2) is 0 Å². The molecule has 1 amide bonds. The summed E-state index contributed by atoms with van der Waals surface area (Å²) in [7, 11) is 3.14. The summed E-state index contributed by atoms with van der Waals surface area (Å²) in [5, 5.41) is 13.9. The van der Waals surface area contributed by atoms with Crippen LogP contribution in [0.1, 0.15) is 21.5 Å². The standard InChI is InChI=1S/C18H20N2O5/c1-12-5-4-6-15(17(12)20(22)23)18(21)19-10-9-13-11-14(24-2)7-8-16(13)25-3/h4-8,11H,9-10H2,1-3H3,(H,19,21). The Labute approximate surface area is 145 Å². The number of nitro groups is 1. The van der Waals surface area contributed by atoms with E-state index in [4.69, 9.17) is 9.47 Å². The Kier molecular flexibility index (Phi) is 5.94. The van der Waals surface area contributed by atoms with Gasteiger partial charge in [-0.25, -0.2) is 0 Å². The molecule has 0 heterocycles. The van der Waals surface area contributed by atoms with Crippen molar-refractivity contribution in [2.45, 2.75) is 13.3 Å². The number of amides is 1. The van der Waals surface area contributed by atoms with Crippen LogP contribution in [0.4, 0.5) is 5.69 Å². The van der Waals surface area contributed by atoms with Crippen molar-refractivity contribution >= 4 is 11.6 Å². The van der Waals surface area contributed by atoms with Crippen molar-refractivity contribution in [1.82, 2.24) is 5.32 Å². The zero-order valence-electron chi connectivity index (χ0n) is 14.4. The number of nitro benzene ring substituents is 1. The van der Waals surface area contributed by atoms with Crippen LogP contribution in [0.15, 0.2) is 36.4 Å². The van der Waals surface area contributed by atoms with Crippen LogP contribution in [-0.4, -0.2) is 31.6 Å². The van der Waals surface area contributed by atoms with Crippen LogP contribution >= 0.6 is 0 Å². The minimum atomic E-state index is -0.532. The topological polar surface area (TPSA) is 90.7 Å². The van der Waals surface area contributed by atoms with E-state index in [2.05, 4.69) is 5.32 Å². The number of nitrogens with zero attached hydrogens (tertiary/aromatic N) is 1. The highest BCUT2D eigenvalue weighted by atomic mass is 16.6. The van der Waals surface area contributed by atoms with Crippen LogP contribution < -0.4 is 14.8 Å². The van der Waals surface area contributed by atoms with Gasteiger partial charge in [0, 0.05) is 12.1 Å². The summed E-state index contributed by atoms with van der Waals surface area (Å²) in [6, 6.07) is 10.1. The molecule has 2 aromatic carbocycles. The first-order valence-corrected chi connectivity index (χ1v) is 7.71. The van der Waals surface area contributed by atoms with Crippen molar-refractivity contribution < 1.29 is 19.2 Å². The smallest absolute Gasteiger partial charge is 0.285 e. The largest absolute Gasteiger partial charge is 0.497 e. The lowest BCUT2D eigenvalue weighted by Crippen LogP contribution is -2.26. The Morgan fingerprint density at radius 3 is 2.60 bits per heavy atom. The fourth-order valence-electron chi connectivity index (χ4n) is 2.57. The van der Waals surface area contributed by atoms with Gasteiger partial charge in [0.2, 0.25) is 0 Å². The third-order valence-corrected chi connectivity index (χ3v) is 3.83. The van der Waals surface area contributed by atoms with E-state index in [0.717, 1.165) is 5.56 Å². The highest BCUT2D eigenvalue weighted by Crippen LogP contribution is 2.25. The lowest BCUT2D eigenvalue weighted by Gasteiger charge is -2.11. The summed E-state index contributed by atoms with van der Waals surface area (Å²) >= 11 is 0. The van der Waals surface area contributed by atoms with Gasteiger partial charge in [-0.1, -0.05) is 12.1 Å². The van der Waals surface area contributed by atoms with Gasteiger partial charge in [-0.3, -0.25) is 14.9 Å². The molecule has 0 aliphatic carbocycles. The average molecular weight is 344 g/mol. The maximum atomic E-state index is 12.3. The van der Waals surface area contributed by atoms with Gasteiger partial charge in [-0.15, -0.1) is 0 Å². The SMILES string of the molecule is COc1ccc(OC)c(CCNC(=O)c2cccc(C)c2[N+](=O)[O-])c1. The monoisotopic (exact) mass is 344 g/mol. The lowest BCUT2D eigenvalue weighted by atomic mass is 10.1. The maximum Gasteiger partial charge on any atom is 0.285 e. The number of carbonyl (C=O) groups is 1. The molecule has 0 aromatic heterocycles. The maximum absolute atomic E-state index is 12.3. The first kappa shape index (κ1) is 18.3. The zero-order valence-corrected chi connectivity index (χ0v) is 14.4. The molecular weight excluding hydrogens is 324 g/mol. The lowest BCUT2D eigenvalue weighted by molar-refractivity contribution is -0.385. The number of para-hydroxylation sites is 1. The number of carbonyl (C=O) groups excluding carboxylic acids is 1. The normalized spacial score (nSPS) is 10.2. The molecule has 0 radical (unpaired) electrons. The number of rotatable bonds is 7. The van der Waals surface area contributed by atoms with Crippen LogP contribution in [0.2, 0.25) is 0 Å². The molecule has 0 fully saturated rings. The van der Waals surface area contributed by atoms with Gasteiger partial charge in [0.25, 0.3) is 11.6 Å². The average Bonchev–Trinajstić information content (AvgIpc) is 2.60. The van der Waals surface area contributed by atoms with Crippen LogP contribution in [0, 0.1) is 17.0 Å². The number of ether oxygens (including phenoxy) is 2. The van der Waals surface area contributed by atoms with E-state index in [1.54, 1.807) is 45.4 Å². The highest BCUT2D eigenvalue weighted by Gasteiger charge is 2.22. The molecule has 2 rings (SSSR count). The minimum Gasteiger partial charge on any atom is -0.497 e. The van der Waals surface area contributed by atoms with E-state index in [-0.39, 0.29) is 11.3 Å². The van der Waals surface area contributed by atoms with Gasteiger partial charge >= 0.3 is 0 Å². The third-order valence-electron chi connectivity index (χ3n) is 3.83. The Hall–Kier alpha value is -3.09. The number of methoxy groups -OCH3 is 2. The summed E-state index contributed by atoms with van der Waals surface area (Å²) < 4.78 is 10.5. The molecule has 1 N–H and O–H groups in total. The van der Waals surface area contributed by atoms with Gasteiger partial charge in [0.1, 0.15) is 17.1 Å². The summed E-state index contributed by atoms with van der Waals surface area (Å²) in [5.41, 5.74) is 1.22. The molecular formula is C18H20N2O5. The van der Waals surface area contributed by atoms with E-state index >= 15 is 0 Å². The van der Waals surface area contributed by atoms with Crippen LogP contribution in [0.3, 0.4) is 0 Å². The second-order valence-corrected chi connectivity index (χ2v) is 5.41. The highest BCUT2D eigenvalue weighted by molar-refractivity contribution is 5.98. The molecule has 0 atom stereocenters. The molecule has 2 aromatic rings. The van der Waals surface area contributed by atoms with Crippen molar-refractivity contribution in [1.29, 1.82) is 0 Å². The summed E-state index contributed by atoms with van der Waals surface area (Å²) in [5.74, 6) is 0.908. The van der Waals surface area contributed by atoms with Gasteiger partial charge < -0.3 is 14.8 Å². The quantitative estimate of drug-likeness (QED) is 0.616. The second-order valence-electron chi connectivity index (χ2n) is 5.41. The fraction of sp³-hybridized carbons (Fsp3) is 0.278. The Bertz CT molecular complexity index is 789. The number of nitrogens with one attached hydrogen (secondary N) is 1. The third kappa shape index (κ3) is 4.26. The molecule has 0 aliphatic rings. The number of hydrogen-bond acceptors (Lipinski definition) is 5. The fourth-order valence-corrected chi connectivity index (χ4v) is 2.57. The first-order valence-electron chi connectivity index (χ1n) is 7.71. The predicted molar refractivity (Wildman–Crippen MR) is 93.4 cm³/mol. The Morgan fingerprint density at radius 2 is 1.96 bits per heavy atom. The predicted octanol–water partition coefficient (Wildman–Crippen LogP) is 2.89. The van der Waals surface area contributed by atoms with Crippen molar-refractivity contribution in [2.24, 2.45) is 0 Å². The van der Waals surface area contributed by atoms with Gasteiger partial charge in [-0.2, -0.15) is 0 Å². The van der Waals surface area contributed by atoms with E-state index in [9.17, 15) is 14.9 Å². The van der Waals surface area contributed by atoms with E-state index in [1.807, 2.05) is 6.07 Å². The molecule has 7 nitrogen and oxygen atoms in total. The Balaban J connectivity index is 2.09. The number of aryl methyl sites for hydroxylation is 1. The van der Waals surface area contributed by atoms with E-state index in [0.29, 0.717) is 30.0 Å². The van der Waals surface area contributed by atoms with E-state index < -0.39 is 10.8 Å². The second kappa shape index (κ2) is 8.14. The van der Waals surface area contributed by atoms with Crippen molar-refractivity contribution in [3.63, 3.8) is 0 Å². The zero-order chi connectivity index (χ0) is 18.4. The van der Waals surface area contributed by atoms with Crippen LogP contribution in [-0.2, 0) is 6.42 Å². The molecule has 0 aliphatic heterocycles. The summed E-state index contributed by atoms with van der Waals surface area (Å²) in [4.78, 5) is 23.0. The van der Waals surface area contributed by atoms with E-state index in [1.165, 1.54) is 6.07 Å².